The molecule has 8 heteroatoms. The highest BCUT2D eigenvalue weighted by atomic mass is 32.1. The second-order valence-corrected chi connectivity index (χ2v) is 8.78. The number of hydrogen-bond acceptors (Lipinski definition) is 5. The first-order valence-corrected chi connectivity index (χ1v) is 11.5. The molecule has 0 fully saturated rings. The Morgan fingerprint density at radius 1 is 1.03 bits per heavy atom. The highest BCUT2D eigenvalue weighted by molar-refractivity contribution is 7.14. The predicted molar refractivity (Wildman–Crippen MR) is 126 cm³/mol. The summed E-state index contributed by atoms with van der Waals surface area (Å²) in [5.41, 5.74) is 3.82. The Morgan fingerprint density at radius 2 is 1.87 bits per heavy atom. The van der Waals surface area contributed by atoms with Crippen LogP contribution in [0.2, 0.25) is 0 Å². The van der Waals surface area contributed by atoms with Crippen LogP contribution in [-0.2, 0) is 13.0 Å². The molecule has 154 valence electrons. The fraction of sp³-hybridized carbons (Fsp3) is 0.0870. The maximum absolute atomic E-state index is 11.4. The largest absolute Gasteiger partial charge is 0.361 e. The molecule has 0 atom stereocenters. The minimum Gasteiger partial charge on any atom is -0.361 e. The molecule has 2 aromatic carbocycles. The molecule has 0 aliphatic rings. The normalized spacial score (nSPS) is 11.9. The maximum atomic E-state index is 11.4. The van der Waals surface area contributed by atoms with Crippen LogP contribution in [0.5, 0.6) is 0 Å². The van der Waals surface area contributed by atoms with E-state index in [-0.39, 0.29) is 10.6 Å². The van der Waals surface area contributed by atoms with E-state index in [1.165, 1.54) is 28.4 Å². The molecule has 0 saturated carbocycles. The van der Waals surface area contributed by atoms with Gasteiger partial charge in [0.1, 0.15) is 5.69 Å². The van der Waals surface area contributed by atoms with Crippen molar-refractivity contribution in [2.45, 2.75) is 13.0 Å². The van der Waals surface area contributed by atoms with Crippen LogP contribution in [0.25, 0.3) is 21.5 Å². The molecule has 0 saturated heterocycles. The monoisotopic (exact) mass is 446 g/mol. The summed E-state index contributed by atoms with van der Waals surface area (Å²) in [5, 5.41) is 16.8. The van der Waals surface area contributed by atoms with E-state index < -0.39 is 0 Å². The van der Waals surface area contributed by atoms with E-state index in [1.807, 2.05) is 18.2 Å². The van der Waals surface area contributed by atoms with Crippen LogP contribution in [0.15, 0.2) is 82.6 Å². The van der Waals surface area contributed by atoms with E-state index in [0.29, 0.717) is 5.69 Å². The summed E-state index contributed by atoms with van der Waals surface area (Å²) in [4.78, 5) is 21.0. The van der Waals surface area contributed by atoms with E-state index in [1.54, 1.807) is 29.5 Å². The van der Waals surface area contributed by atoms with Crippen LogP contribution in [0.4, 0.5) is 11.4 Å². The van der Waals surface area contributed by atoms with Gasteiger partial charge in [-0.1, -0.05) is 36.4 Å². The molecule has 0 radical (unpaired) electrons. The molecule has 31 heavy (non-hydrogen) atoms. The Kier molecular flexibility index (Phi) is 5.23. The Hall–Kier alpha value is -3.49. The average Bonchev–Trinajstić information content (AvgIpc) is 3.52. The third kappa shape index (κ3) is 3.83. The molecule has 1 N–H and O–H groups in total. The second kappa shape index (κ2) is 8.33. The van der Waals surface area contributed by atoms with Gasteiger partial charge >= 0.3 is 0 Å². The van der Waals surface area contributed by atoms with Crippen molar-refractivity contribution < 1.29 is 4.92 Å². The number of nitrogens with zero attached hydrogens (tertiary/aromatic N) is 3. The highest BCUT2D eigenvalue weighted by Gasteiger charge is 2.14. The van der Waals surface area contributed by atoms with Gasteiger partial charge in [0.15, 0.2) is 4.80 Å². The SMILES string of the molecule is O=[N+]([O-])c1ccccc1N=c1scc(-c2cccs2)n1CCc1c[nH]c2ccccc12. The van der Waals surface area contributed by atoms with Crippen molar-refractivity contribution in [3.63, 3.8) is 0 Å². The zero-order chi connectivity index (χ0) is 21.2. The molecule has 3 aromatic heterocycles. The van der Waals surface area contributed by atoms with Gasteiger partial charge in [0.05, 0.1) is 15.5 Å². The molecule has 0 aliphatic heterocycles. The van der Waals surface area contributed by atoms with Gasteiger partial charge < -0.3 is 9.55 Å². The number of benzene rings is 2. The van der Waals surface area contributed by atoms with E-state index in [2.05, 4.69) is 44.7 Å². The van der Waals surface area contributed by atoms with Gasteiger partial charge in [0, 0.05) is 35.1 Å². The molecule has 0 spiro atoms. The topological polar surface area (TPSA) is 76.2 Å². The molecule has 5 aromatic rings. The van der Waals surface area contributed by atoms with Crippen LogP contribution in [0.3, 0.4) is 0 Å². The first-order chi connectivity index (χ1) is 15.2. The molecule has 6 nitrogen and oxygen atoms in total. The van der Waals surface area contributed by atoms with Crippen LogP contribution < -0.4 is 4.80 Å². The minimum absolute atomic E-state index is 0.0109. The number of H-pyrrole nitrogens is 1. The van der Waals surface area contributed by atoms with Crippen LogP contribution >= 0.6 is 22.7 Å². The molecular weight excluding hydrogens is 428 g/mol. The summed E-state index contributed by atoms with van der Waals surface area (Å²) in [6.45, 7) is 0.720. The molecule has 0 amide bonds. The first kappa shape index (κ1) is 19.5. The number of thiophene rings is 1. The number of rotatable bonds is 6. The zero-order valence-electron chi connectivity index (χ0n) is 16.4. The standard InChI is InChI=1S/C23H18N4O2S2/c28-27(29)20-9-4-3-8-19(20)25-23-26(21(15-31-23)22-10-5-13-30-22)12-11-16-14-24-18-7-2-1-6-17(16)18/h1-10,13-15,24H,11-12H2. The maximum Gasteiger partial charge on any atom is 0.294 e. The van der Waals surface area contributed by atoms with Crippen molar-refractivity contribution in [3.05, 3.63) is 98.1 Å². The van der Waals surface area contributed by atoms with E-state index in [9.17, 15) is 10.1 Å². The Labute approximate surface area is 185 Å². The third-order valence-electron chi connectivity index (χ3n) is 5.15. The van der Waals surface area contributed by atoms with Gasteiger partial charge in [0.25, 0.3) is 5.69 Å². The van der Waals surface area contributed by atoms with Gasteiger partial charge in [-0.3, -0.25) is 10.1 Å². The zero-order valence-corrected chi connectivity index (χ0v) is 18.0. The number of aromatic nitrogens is 2. The number of nitrogens with one attached hydrogen (secondary N) is 1. The van der Waals surface area contributed by atoms with Gasteiger partial charge in [-0.25, -0.2) is 4.99 Å². The predicted octanol–water partition coefficient (Wildman–Crippen LogP) is 6.14. The number of aryl methyl sites for hydroxylation is 1. The Bertz CT molecular complexity index is 1430. The van der Waals surface area contributed by atoms with E-state index in [4.69, 9.17) is 4.99 Å². The summed E-state index contributed by atoms with van der Waals surface area (Å²) in [7, 11) is 0. The second-order valence-electron chi connectivity index (χ2n) is 7.00. The fourth-order valence-electron chi connectivity index (χ4n) is 3.64. The average molecular weight is 447 g/mol. The minimum atomic E-state index is -0.386. The molecule has 3 heterocycles. The molecule has 0 bridgehead atoms. The van der Waals surface area contributed by atoms with Crippen molar-refractivity contribution in [2.75, 3.05) is 0 Å². The summed E-state index contributed by atoms with van der Waals surface area (Å²) >= 11 is 3.18. The molecule has 0 aliphatic carbocycles. The number of thiazole rings is 1. The van der Waals surface area contributed by atoms with Crippen LogP contribution in [0, 0.1) is 10.1 Å². The summed E-state index contributed by atoms with van der Waals surface area (Å²) in [6, 6.07) is 19.0. The number of para-hydroxylation sites is 3. The summed E-state index contributed by atoms with van der Waals surface area (Å²) in [6.07, 6.45) is 2.88. The van der Waals surface area contributed by atoms with E-state index >= 15 is 0 Å². The lowest BCUT2D eigenvalue weighted by molar-refractivity contribution is -0.384. The lowest BCUT2D eigenvalue weighted by Crippen LogP contribution is -2.17. The van der Waals surface area contributed by atoms with Crippen molar-refractivity contribution >= 4 is 45.0 Å². The van der Waals surface area contributed by atoms with Gasteiger partial charge in [0.2, 0.25) is 0 Å². The smallest absolute Gasteiger partial charge is 0.294 e. The first-order valence-electron chi connectivity index (χ1n) is 9.76. The lowest BCUT2D eigenvalue weighted by Gasteiger charge is -2.08. The van der Waals surface area contributed by atoms with Crippen molar-refractivity contribution in [3.8, 4) is 10.6 Å². The number of hydrogen-bond donors (Lipinski definition) is 1. The molecule has 0 unspecified atom stereocenters. The van der Waals surface area contributed by atoms with Crippen LogP contribution in [0.1, 0.15) is 5.56 Å². The van der Waals surface area contributed by atoms with Crippen molar-refractivity contribution in [1.29, 1.82) is 0 Å². The van der Waals surface area contributed by atoms with E-state index in [0.717, 1.165) is 33.9 Å². The van der Waals surface area contributed by atoms with Crippen LogP contribution in [-0.4, -0.2) is 14.5 Å². The molecular formula is C23H18N4O2S2. The summed E-state index contributed by atoms with van der Waals surface area (Å²) in [5.74, 6) is 0. The van der Waals surface area contributed by atoms with Gasteiger partial charge in [-0.2, -0.15) is 0 Å². The van der Waals surface area contributed by atoms with Crippen molar-refractivity contribution in [1.82, 2.24) is 9.55 Å². The number of aromatic amines is 1. The van der Waals surface area contributed by atoms with Gasteiger partial charge in [-0.15, -0.1) is 22.7 Å². The molecule has 5 rings (SSSR count). The number of nitro groups is 1. The highest BCUT2D eigenvalue weighted by Crippen LogP contribution is 2.29. The van der Waals surface area contributed by atoms with Gasteiger partial charge in [-0.05, 0) is 35.6 Å². The number of nitro benzene ring substituents is 1. The fourth-order valence-corrected chi connectivity index (χ4v) is 5.41. The third-order valence-corrected chi connectivity index (χ3v) is 6.90. The Balaban J connectivity index is 1.58. The lowest BCUT2D eigenvalue weighted by atomic mass is 10.1. The van der Waals surface area contributed by atoms with Crippen molar-refractivity contribution in [2.24, 2.45) is 4.99 Å². The number of fused-ring (bicyclic) bond motifs is 1. The summed E-state index contributed by atoms with van der Waals surface area (Å²) < 4.78 is 2.16. The Morgan fingerprint density at radius 3 is 2.71 bits per heavy atom. The quantitative estimate of drug-likeness (QED) is 0.251.